The second-order valence-corrected chi connectivity index (χ2v) is 6.63. The third-order valence-electron chi connectivity index (χ3n) is 3.15. The van der Waals surface area contributed by atoms with Crippen LogP contribution in [-0.2, 0) is 23.1 Å². The maximum atomic E-state index is 12.3. The van der Waals surface area contributed by atoms with E-state index in [2.05, 4.69) is 9.71 Å². The van der Waals surface area contributed by atoms with Gasteiger partial charge >= 0.3 is 0 Å². The molecule has 0 atom stereocenters. The number of nitrogens with one attached hydrogen (secondary N) is 1. The van der Waals surface area contributed by atoms with E-state index in [9.17, 15) is 8.42 Å². The van der Waals surface area contributed by atoms with Crippen molar-refractivity contribution in [2.24, 2.45) is 5.73 Å². The van der Waals surface area contributed by atoms with E-state index in [0.29, 0.717) is 17.8 Å². The first-order chi connectivity index (χ1) is 9.92. The second-order valence-electron chi connectivity index (χ2n) is 4.90. The van der Waals surface area contributed by atoms with Gasteiger partial charge in [0.05, 0.1) is 17.1 Å². The molecule has 0 saturated heterocycles. The largest absolute Gasteiger partial charge is 0.326 e. The summed E-state index contributed by atoms with van der Waals surface area (Å²) in [6.07, 6.45) is 0. The Morgan fingerprint density at radius 2 is 1.95 bits per heavy atom. The van der Waals surface area contributed by atoms with Crippen LogP contribution in [0, 0.1) is 13.8 Å². The van der Waals surface area contributed by atoms with Gasteiger partial charge in [0.25, 0.3) is 0 Å². The van der Waals surface area contributed by atoms with Crippen molar-refractivity contribution in [3.05, 3.63) is 58.9 Å². The number of aryl methyl sites for hydroxylation is 2. The number of hydrogen-bond donors (Lipinski definition) is 2. The van der Waals surface area contributed by atoms with Gasteiger partial charge < -0.3 is 5.73 Å². The molecule has 0 radical (unpaired) electrons. The van der Waals surface area contributed by atoms with E-state index >= 15 is 0 Å². The zero-order valence-corrected chi connectivity index (χ0v) is 12.9. The highest BCUT2D eigenvalue weighted by Gasteiger charge is 2.16. The molecule has 2 aromatic rings. The number of rotatable bonds is 5. The van der Waals surface area contributed by atoms with Crippen LogP contribution in [0.15, 0.2) is 41.3 Å². The van der Waals surface area contributed by atoms with Crippen molar-refractivity contribution in [3.63, 3.8) is 0 Å². The number of benzene rings is 1. The second kappa shape index (κ2) is 6.34. The molecule has 1 heterocycles. The van der Waals surface area contributed by atoms with Crippen LogP contribution in [0.2, 0.25) is 0 Å². The molecule has 2 rings (SSSR count). The van der Waals surface area contributed by atoms with Gasteiger partial charge in [0.15, 0.2) is 0 Å². The van der Waals surface area contributed by atoms with Crippen LogP contribution in [0.25, 0.3) is 0 Å². The number of pyridine rings is 1. The van der Waals surface area contributed by atoms with Gasteiger partial charge in [0.1, 0.15) is 0 Å². The third-order valence-corrected chi connectivity index (χ3v) is 4.72. The minimum Gasteiger partial charge on any atom is -0.326 e. The van der Waals surface area contributed by atoms with Crippen molar-refractivity contribution < 1.29 is 8.42 Å². The number of nitrogens with two attached hydrogens (primary N) is 1. The molecule has 5 nitrogen and oxygen atoms in total. The molecule has 0 aliphatic heterocycles. The summed E-state index contributed by atoms with van der Waals surface area (Å²) >= 11 is 0. The van der Waals surface area contributed by atoms with Crippen molar-refractivity contribution in [1.29, 1.82) is 0 Å². The van der Waals surface area contributed by atoms with E-state index in [-0.39, 0.29) is 11.4 Å². The Bertz CT molecular complexity index is 742. The van der Waals surface area contributed by atoms with Crippen molar-refractivity contribution in [3.8, 4) is 0 Å². The standard InChI is InChI=1S/C15H19N3O2S/c1-11-8-13(9-16)6-7-15(11)21(19,20)17-10-14-5-3-4-12(2)18-14/h3-8,17H,9-10,16H2,1-2H3. The Kier molecular flexibility index (Phi) is 4.72. The van der Waals surface area contributed by atoms with E-state index < -0.39 is 10.0 Å². The average Bonchev–Trinajstić information content (AvgIpc) is 2.45. The highest BCUT2D eigenvalue weighted by Crippen LogP contribution is 2.16. The fraction of sp³-hybridized carbons (Fsp3) is 0.267. The Hall–Kier alpha value is -1.76. The van der Waals surface area contributed by atoms with E-state index in [1.807, 2.05) is 19.1 Å². The predicted octanol–water partition coefficient (Wildman–Crippen LogP) is 1.64. The van der Waals surface area contributed by atoms with Gasteiger partial charge in [-0.15, -0.1) is 0 Å². The quantitative estimate of drug-likeness (QED) is 0.879. The van der Waals surface area contributed by atoms with Gasteiger partial charge in [-0.25, -0.2) is 13.1 Å². The molecule has 0 fully saturated rings. The lowest BCUT2D eigenvalue weighted by Gasteiger charge is -2.10. The highest BCUT2D eigenvalue weighted by molar-refractivity contribution is 7.89. The highest BCUT2D eigenvalue weighted by atomic mass is 32.2. The van der Waals surface area contributed by atoms with Gasteiger partial charge in [-0.1, -0.05) is 18.2 Å². The van der Waals surface area contributed by atoms with Gasteiger partial charge in [0, 0.05) is 12.2 Å². The Labute approximate surface area is 125 Å². The SMILES string of the molecule is Cc1cccc(CNS(=O)(=O)c2ccc(CN)cc2C)n1. The summed E-state index contributed by atoms with van der Waals surface area (Å²) < 4.78 is 27.3. The first kappa shape index (κ1) is 15.6. The molecular formula is C15H19N3O2S. The average molecular weight is 305 g/mol. The molecule has 3 N–H and O–H groups in total. The molecule has 112 valence electrons. The molecule has 1 aromatic heterocycles. The Morgan fingerprint density at radius 3 is 2.57 bits per heavy atom. The lowest BCUT2D eigenvalue weighted by atomic mass is 10.1. The van der Waals surface area contributed by atoms with Crippen molar-refractivity contribution in [2.75, 3.05) is 0 Å². The van der Waals surface area contributed by atoms with Crippen LogP contribution >= 0.6 is 0 Å². The molecule has 21 heavy (non-hydrogen) atoms. The maximum absolute atomic E-state index is 12.3. The normalized spacial score (nSPS) is 11.6. The first-order valence-corrected chi connectivity index (χ1v) is 8.12. The zero-order chi connectivity index (χ0) is 15.5. The predicted molar refractivity (Wildman–Crippen MR) is 82.1 cm³/mol. The van der Waals surface area contributed by atoms with Crippen molar-refractivity contribution in [2.45, 2.75) is 31.8 Å². The number of aromatic nitrogens is 1. The van der Waals surface area contributed by atoms with Crippen molar-refractivity contribution in [1.82, 2.24) is 9.71 Å². The van der Waals surface area contributed by atoms with E-state index in [1.165, 1.54) is 0 Å². The minimum atomic E-state index is -3.56. The molecule has 0 bridgehead atoms. The summed E-state index contributed by atoms with van der Waals surface area (Å²) in [6.45, 7) is 4.19. The molecule has 0 saturated carbocycles. The van der Waals surface area contributed by atoms with Crippen LogP contribution < -0.4 is 10.5 Å². The molecule has 0 spiro atoms. The van der Waals surface area contributed by atoms with Crippen molar-refractivity contribution >= 4 is 10.0 Å². The van der Waals surface area contributed by atoms with Gasteiger partial charge in [-0.3, -0.25) is 4.98 Å². The molecular weight excluding hydrogens is 286 g/mol. The smallest absolute Gasteiger partial charge is 0.241 e. The van der Waals surface area contributed by atoms with Crippen LogP contribution in [0.4, 0.5) is 0 Å². The summed E-state index contributed by atoms with van der Waals surface area (Å²) in [7, 11) is -3.56. The van der Waals surface area contributed by atoms with Crippen LogP contribution in [0.1, 0.15) is 22.5 Å². The summed E-state index contributed by atoms with van der Waals surface area (Å²) in [4.78, 5) is 4.55. The number of sulfonamides is 1. The number of nitrogens with zero attached hydrogens (tertiary/aromatic N) is 1. The van der Waals surface area contributed by atoms with E-state index in [1.54, 1.807) is 31.2 Å². The molecule has 0 aliphatic rings. The van der Waals surface area contributed by atoms with Gasteiger partial charge in [0.2, 0.25) is 10.0 Å². The van der Waals surface area contributed by atoms with E-state index in [0.717, 1.165) is 11.3 Å². The lowest BCUT2D eigenvalue weighted by molar-refractivity contribution is 0.579. The lowest BCUT2D eigenvalue weighted by Crippen LogP contribution is -2.24. The Balaban J connectivity index is 2.19. The van der Waals surface area contributed by atoms with Crippen LogP contribution in [-0.4, -0.2) is 13.4 Å². The fourth-order valence-electron chi connectivity index (χ4n) is 2.08. The zero-order valence-electron chi connectivity index (χ0n) is 12.1. The molecule has 0 amide bonds. The van der Waals surface area contributed by atoms with E-state index in [4.69, 9.17) is 5.73 Å². The monoisotopic (exact) mass is 305 g/mol. The summed E-state index contributed by atoms with van der Waals surface area (Å²) in [5.41, 5.74) is 8.69. The topological polar surface area (TPSA) is 85.1 Å². The Morgan fingerprint density at radius 1 is 1.19 bits per heavy atom. The van der Waals surface area contributed by atoms with Crippen LogP contribution in [0.3, 0.4) is 0 Å². The fourth-order valence-corrected chi connectivity index (χ4v) is 3.31. The third kappa shape index (κ3) is 3.87. The molecule has 0 unspecified atom stereocenters. The van der Waals surface area contributed by atoms with Gasteiger partial charge in [-0.2, -0.15) is 0 Å². The first-order valence-electron chi connectivity index (χ1n) is 6.64. The van der Waals surface area contributed by atoms with Crippen LogP contribution in [0.5, 0.6) is 0 Å². The minimum absolute atomic E-state index is 0.169. The maximum Gasteiger partial charge on any atom is 0.241 e. The molecule has 1 aromatic carbocycles. The molecule has 0 aliphatic carbocycles. The number of hydrogen-bond acceptors (Lipinski definition) is 4. The molecule has 6 heteroatoms. The summed E-state index contributed by atoms with van der Waals surface area (Å²) in [5, 5.41) is 0. The summed E-state index contributed by atoms with van der Waals surface area (Å²) in [5.74, 6) is 0. The van der Waals surface area contributed by atoms with Gasteiger partial charge in [-0.05, 0) is 43.2 Å². The summed E-state index contributed by atoms with van der Waals surface area (Å²) in [6, 6.07) is 10.6.